The Morgan fingerprint density at radius 2 is 2.07 bits per heavy atom. The molecule has 228 valence electrons. The number of nitrogens with one attached hydrogen (secondary N) is 3. The summed E-state index contributed by atoms with van der Waals surface area (Å²) in [6.07, 6.45) is 6.62. The molecule has 1 aromatic heterocycles. The van der Waals surface area contributed by atoms with E-state index in [1.807, 2.05) is 19.9 Å². The Bertz CT molecular complexity index is 1520. The number of allylic oxidation sites excluding steroid dienone is 4. The first-order valence-electron chi connectivity index (χ1n) is 14.4. The molecule has 1 aromatic carbocycles. The number of rotatable bonds is 3. The van der Waals surface area contributed by atoms with E-state index in [2.05, 4.69) is 25.3 Å². The van der Waals surface area contributed by atoms with Crippen molar-refractivity contribution in [2.75, 3.05) is 24.3 Å². The first-order valence-corrected chi connectivity index (χ1v) is 14.8. The Hall–Kier alpha value is -4.12. The van der Waals surface area contributed by atoms with Gasteiger partial charge in [-0.05, 0) is 56.9 Å². The fourth-order valence-corrected chi connectivity index (χ4v) is 5.92. The Morgan fingerprint density at radius 1 is 1.26 bits per heavy atom. The normalized spacial score (nSPS) is 23.3. The molecule has 2 bridgehead atoms. The number of hydrogen-bond acceptors (Lipinski definition) is 6. The predicted octanol–water partition coefficient (Wildman–Crippen LogP) is 7.35. The molecule has 10 nitrogen and oxygen atoms in total. The lowest BCUT2D eigenvalue weighted by Gasteiger charge is -2.37. The van der Waals surface area contributed by atoms with Crippen molar-refractivity contribution in [2.45, 2.75) is 64.5 Å². The van der Waals surface area contributed by atoms with E-state index in [9.17, 15) is 14.4 Å². The van der Waals surface area contributed by atoms with Gasteiger partial charge in [0, 0.05) is 35.7 Å². The van der Waals surface area contributed by atoms with Crippen molar-refractivity contribution in [1.82, 2.24) is 14.9 Å². The van der Waals surface area contributed by atoms with Crippen LogP contribution >= 0.6 is 11.6 Å². The minimum Gasteiger partial charge on any atom is -0.453 e. The average molecular weight is 612 g/mol. The molecule has 3 aliphatic rings. The third-order valence-corrected chi connectivity index (χ3v) is 8.43. The van der Waals surface area contributed by atoms with Gasteiger partial charge in [0.15, 0.2) is 0 Å². The average Bonchev–Trinajstić information content (AvgIpc) is 3.46. The molecule has 12 heteroatoms. The lowest BCUT2D eigenvalue weighted by atomic mass is 9.93. The minimum absolute atomic E-state index is 0.00148. The Labute approximate surface area is 254 Å². The van der Waals surface area contributed by atoms with Gasteiger partial charge in [-0.3, -0.25) is 15.0 Å². The maximum Gasteiger partial charge on any atom is 0.411 e. The van der Waals surface area contributed by atoms with E-state index in [-0.39, 0.29) is 16.9 Å². The van der Waals surface area contributed by atoms with Gasteiger partial charge < -0.3 is 19.8 Å². The number of aromatic amines is 1. The second kappa shape index (κ2) is 13.0. The summed E-state index contributed by atoms with van der Waals surface area (Å²) in [6.45, 7) is 4.03. The van der Waals surface area contributed by atoms with E-state index in [0.29, 0.717) is 72.7 Å². The number of hydrogen-bond donors (Lipinski definition) is 3. The standard InChI is InChI=1S/C31H35ClFN5O5/c1-17-7-4-5-9-21(32)27(33)26(17)25-13-14-38(31(41)43-25)24-10-6-8-18(2)29(39)37-22-15-19(35-30(40)42-3)11-12-20(22)23-16-34-28(24)36-23/h5,9,11-12,15-16,18,24-25H,4,6-8,10,13-14H2,1-3H3,(H,34,36)(H,35,40)(H,37,39). The number of imidazole rings is 1. The quantitative estimate of drug-likeness (QED) is 0.333. The van der Waals surface area contributed by atoms with Crippen LogP contribution in [0.25, 0.3) is 11.3 Å². The molecule has 0 spiro atoms. The SMILES string of the molecule is COC(=O)Nc1ccc2c(c1)NC(=O)C(C)CCCC(N1CCC(C3=C(C)CCC=CC(Cl)=C3F)OC1=O)c1ncc-2[nH]1. The Morgan fingerprint density at radius 3 is 2.84 bits per heavy atom. The summed E-state index contributed by atoms with van der Waals surface area (Å²) in [5, 5.41) is 5.60. The molecule has 3 N–H and O–H groups in total. The van der Waals surface area contributed by atoms with Crippen LogP contribution in [0.5, 0.6) is 0 Å². The number of H-pyrrole nitrogens is 1. The molecule has 3 unspecified atom stereocenters. The number of aromatic nitrogens is 2. The van der Waals surface area contributed by atoms with Crippen molar-refractivity contribution in [2.24, 2.45) is 5.92 Å². The van der Waals surface area contributed by atoms with Crippen LogP contribution in [-0.4, -0.2) is 52.7 Å². The summed E-state index contributed by atoms with van der Waals surface area (Å²) in [5.74, 6) is -0.459. The number of carbonyl (C=O) groups excluding carboxylic acids is 3. The number of ether oxygens (including phenoxy) is 2. The topological polar surface area (TPSA) is 126 Å². The van der Waals surface area contributed by atoms with Crippen molar-refractivity contribution < 1.29 is 28.2 Å². The Balaban J connectivity index is 1.44. The van der Waals surface area contributed by atoms with E-state index in [1.54, 1.807) is 35.4 Å². The molecule has 1 aliphatic carbocycles. The van der Waals surface area contributed by atoms with E-state index in [4.69, 9.17) is 16.3 Å². The number of methoxy groups -OCH3 is 1. The van der Waals surface area contributed by atoms with Gasteiger partial charge in [-0.2, -0.15) is 0 Å². The molecule has 3 amide bonds. The fourth-order valence-electron chi connectivity index (χ4n) is 5.73. The lowest BCUT2D eigenvalue weighted by Crippen LogP contribution is -2.45. The van der Waals surface area contributed by atoms with Gasteiger partial charge in [-0.25, -0.2) is 19.0 Å². The van der Waals surface area contributed by atoms with Crippen LogP contribution in [0.3, 0.4) is 0 Å². The van der Waals surface area contributed by atoms with Gasteiger partial charge in [0.05, 0.1) is 35.8 Å². The van der Waals surface area contributed by atoms with Gasteiger partial charge in [0.2, 0.25) is 5.91 Å². The van der Waals surface area contributed by atoms with Crippen molar-refractivity contribution in [1.29, 1.82) is 0 Å². The van der Waals surface area contributed by atoms with Crippen molar-refractivity contribution in [3.8, 4) is 11.3 Å². The van der Waals surface area contributed by atoms with Crippen LogP contribution in [0, 0.1) is 5.92 Å². The van der Waals surface area contributed by atoms with Crippen LogP contribution in [0.2, 0.25) is 0 Å². The van der Waals surface area contributed by atoms with Crippen LogP contribution in [0.1, 0.15) is 64.2 Å². The number of nitrogens with zero attached hydrogens (tertiary/aromatic N) is 2. The fraction of sp³-hybridized carbons (Fsp3) is 0.419. The van der Waals surface area contributed by atoms with E-state index >= 15 is 4.39 Å². The lowest BCUT2D eigenvalue weighted by molar-refractivity contribution is -0.119. The van der Waals surface area contributed by atoms with Crippen molar-refractivity contribution in [3.05, 3.63) is 64.4 Å². The summed E-state index contributed by atoms with van der Waals surface area (Å²) in [7, 11) is 1.27. The first kappa shape index (κ1) is 30.3. The summed E-state index contributed by atoms with van der Waals surface area (Å²) in [4.78, 5) is 48.0. The third-order valence-electron chi connectivity index (χ3n) is 8.14. The molecule has 3 atom stereocenters. The molecule has 2 aliphatic heterocycles. The zero-order chi connectivity index (χ0) is 30.7. The highest BCUT2D eigenvalue weighted by Gasteiger charge is 2.38. The largest absolute Gasteiger partial charge is 0.453 e. The highest BCUT2D eigenvalue weighted by molar-refractivity contribution is 6.31. The molecule has 1 fully saturated rings. The number of amides is 3. The van der Waals surface area contributed by atoms with Crippen LogP contribution in [0.15, 0.2) is 58.6 Å². The number of halogens is 2. The number of fused-ring (bicyclic) bond motifs is 4. The maximum atomic E-state index is 15.3. The molecule has 0 radical (unpaired) electrons. The van der Waals surface area contributed by atoms with E-state index < -0.39 is 30.2 Å². The highest BCUT2D eigenvalue weighted by Crippen LogP contribution is 2.38. The highest BCUT2D eigenvalue weighted by atomic mass is 35.5. The maximum absolute atomic E-state index is 15.3. The third kappa shape index (κ3) is 6.61. The first-order chi connectivity index (χ1) is 20.7. The van der Waals surface area contributed by atoms with Crippen molar-refractivity contribution >= 4 is 41.1 Å². The summed E-state index contributed by atoms with van der Waals surface area (Å²) in [6, 6.07) is 4.67. The molecule has 3 heterocycles. The number of benzene rings is 1. The minimum atomic E-state index is -0.745. The number of cyclic esters (lactones) is 1. The van der Waals surface area contributed by atoms with Gasteiger partial charge in [0.1, 0.15) is 17.8 Å². The number of carbonyl (C=O) groups is 3. The van der Waals surface area contributed by atoms with Crippen LogP contribution in [-0.2, 0) is 14.3 Å². The number of anilines is 2. The molecule has 5 rings (SSSR count). The molecule has 2 aromatic rings. The molecule has 0 saturated carbocycles. The molecule has 43 heavy (non-hydrogen) atoms. The molecular formula is C31H35ClFN5O5. The van der Waals surface area contributed by atoms with Gasteiger partial charge in [-0.1, -0.05) is 36.6 Å². The second-order valence-corrected chi connectivity index (χ2v) is 11.5. The summed E-state index contributed by atoms with van der Waals surface area (Å²) in [5.41, 5.74) is 3.39. The predicted molar refractivity (Wildman–Crippen MR) is 161 cm³/mol. The van der Waals surface area contributed by atoms with Crippen LogP contribution < -0.4 is 10.6 Å². The molecule has 1 saturated heterocycles. The summed E-state index contributed by atoms with van der Waals surface area (Å²) >= 11 is 6.19. The molecular weight excluding hydrogens is 577 g/mol. The monoisotopic (exact) mass is 611 g/mol. The van der Waals surface area contributed by atoms with Crippen LogP contribution in [0.4, 0.5) is 25.4 Å². The zero-order valence-corrected chi connectivity index (χ0v) is 25.1. The zero-order valence-electron chi connectivity index (χ0n) is 24.3. The van der Waals surface area contributed by atoms with Gasteiger partial charge in [0.25, 0.3) is 0 Å². The van der Waals surface area contributed by atoms with Gasteiger partial charge in [-0.15, -0.1) is 0 Å². The van der Waals surface area contributed by atoms with E-state index in [0.717, 1.165) is 12.0 Å². The van der Waals surface area contributed by atoms with Crippen molar-refractivity contribution in [3.63, 3.8) is 0 Å². The Kier molecular flexibility index (Phi) is 9.19. The van der Waals surface area contributed by atoms with Gasteiger partial charge >= 0.3 is 12.2 Å². The van der Waals surface area contributed by atoms with E-state index in [1.165, 1.54) is 7.11 Å². The smallest absolute Gasteiger partial charge is 0.411 e. The summed E-state index contributed by atoms with van der Waals surface area (Å²) < 4.78 is 25.9. The second-order valence-electron chi connectivity index (χ2n) is 11.0.